The molecule has 0 atom stereocenters. The van der Waals surface area contributed by atoms with Crippen molar-refractivity contribution in [2.75, 3.05) is 5.32 Å². The first kappa shape index (κ1) is 20.2. The molecule has 0 saturated carbocycles. The molecule has 0 bridgehead atoms. The molecule has 2 aromatic heterocycles. The molecule has 0 radical (unpaired) electrons. The SMILES string of the molecule is Cc1c(Cl)cnn1CCC(=O)Nc1nn(Cc2ccc(Cl)cc2Cl)cc1Br. The van der Waals surface area contributed by atoms with E-state index in [0.717, 1.165) is 11.3 Å². The summed E-state index contributed by atoms with van der Waals surface area (Å²) in [7, 11) is 0. The first-order valence-electron chi connectivity index (χ1n) is 7.98. The lowest BCUT2D eigenvalue weighted by Gasteiger charge is -2.06. The van der Waals surface area contributed by atoms with Crippen LogP contribution in [-0.2, 0) is 17.9 Å². The molecule has 0 aliphatic rings. The van der Waals surface area contributed by atoms with Gasteiger partial charge in [-0.2, -0.15) is 10.2 Å². The van der Waals surface area contributed by atoms with Crippen molar-refractivity contribution in [1.82, 2.24) is 19.6 Å². The number of nitrogens with zero attached hydrogens (tertiary/aromatic N) is 4. The number of hydrogen-bond acceptors (Lipinski definition) is 3. The normalized spacial score (nSPS) is 11.0. The second kappa shape index (κ2) is 8.65. The highest BCUT2D eigenvalue weighted by molar-refractivity contribution is 9.10. The van der Waals surface area contributed by atoms with Crippen LogP contribution in [0.2, 0.25) is 15.1 Å². The van der Waals surface area contributed by atoms with E-state index < -0.39 is 0 Å². The zero-order valence-corrected chi connectivity index (χ0v) is 18.1. The summed E-state index contributed by atoms with van der Waals surface area (Å²) in [6.45, 7) is 2.74. The van der Waals surface area contributed by atoms with E-state index in [4.69, 9.17) is 34.8 Å². The quantitative estimate of drug-likeness (QED) is 0.516. The average molecular weight is 492 g/mol. The van der Waals surface area contributed by atoms with E-state index in [-0.39, 0.29) is 12.3 Å². The van der Waals surface area contributed by atoms with Gasteiger partial charge in [-0.05, 0) is 40.5 Å². The van der Waals surface area contributed by atoms with Crippen LogP contribution in [-0.4, -0.2) is 25.5 Å². The van der Waals surface area contributed by atoms with Gasteiger partial charge in [0.25, 0.3) is 0 Å². The van der Waals surface area contributed by atoms with Gasteiger partial charge >= 0.3 is 0 Å². The molecular weight excluding hydrogens is 476 g/mol. The zero-order chi connectivity index (χ0) is 19.6. The van der Waals surface area contributed by atoms with Gasteiger partial charge in [0, 0.05) is 22.7 Å². The Hall–Kier alpha value is -1.54. The maximum atomic E-state index is 12.2. The van der Waals surface area contributed by atoms with Gasteiger partial charge in [-0.25, -0.2) is 0 Å². The van der Waals surface area contributed by atoms with E-state index in [1.54, 1.807) is 33.9 Å². The maximum Gasteiger partial charge on any atom is 0.227 e. The smallest absolute Gasteiger partial charge is 0.227 e. The second-order valence-electron chi connectivity index (χ2n) is 5.86. The fourth-order valence-corrected chi connectivity index (χ4v) is 3.46. The van der Waals surface area contributed by atoms with Crippen LogP contribution >= 0.6 is 50.7 Å². The summed E-state index contributed by atoms with van der Waals surface area (Å²) in [6.07, 6.45) is 3.59. The number of carbonyl (C=O) groups is 1. The van der Waals surface area contributed by atoms with Gasteiger partial charge in [0.15, 0.2) is 5.82 Å². The van der Waals surface area contributed by atoms with Gasteiger partial charge in [-0.1, -0.05) is 40.9 Å². The highest BCUT2D eigenvalue weighted by atomic mass is 79.9. The summed E-state index contributed by atoms with van der Waals surface area (Å²) in [4.78, 5) is 12.2. The number of anilines is 1. The van der Waals surface area contributed by atoms with Crippen molar-refractivity contribution < 1.29 is 4.79 Å². The highest BCUT2D eigenvalue weighted by Gasteiger charge is 2.13. The van der Waals surface area contributed by atoms with Crippen LogP contribution < -0.4 is 5.32 Å². The van der Waals surface area contributed by atoms with E-state index in [1.165, 1.54) is 0 Å². The fraction of sp³-hybridized carbons (Fsp3) is 0.235. The van der Waals surface area contributed by atoms with Crippen molar-refractivity contribution in [3.05, 3.63) is 61.4 Å². The van der Waals surface area contributed by atoms with Crippen LogP contribution in [0.4, 0.5) is 5.82 Å². The minimum Gasteiger partial charge on any atom is -0.308 e. The first-order valence-corrected chi connectivity index (χ1v) is 9.91. The average Bonchev–Trinajstić information content (AvgIpc) is 3.11. The number of aryl methyl sites for hydroxylation is 1. The summed E-state index contributed by atoms with van der Waals surface area (Å²) in [5.74, 6) is 0.275. The summed E-state index contributed by atoms with van der Waals surface area (Å²) in [5, 5.41) is 13.0. The molecule has 0 spiro atoms. The molecule has 1 amide bonds. The predicted octanol–water partition coefficient (Wildman–Crippen LogP) is 5.19. The Morgan fingerprint density at radius 3 is 2.70 bits per heavy atom. The number of rotatable bonds is 6. The van der Waals surface area contributed by atoms with E-state index in [1.807, 2.05) is 13.0 Å². The van der Waals surface area contributed by atoms with E-state index in [0.29, 0.717) is 38.4 Å². The van der Waals surface area contributed by atoms with Crippen LogP contribution in [0.3, 0.4) is 0 Å². The molecule has 0 saturated heterocycles. The third-order valence-corrected chi connectivity index (χ3v) is 5.45. The molecule has 142 valence electrons. The first-order chi connectivity index (χ1) is 12.8. The number of carbonyl (C=O) groups excluding carboxylic acids is 1. The van der Waals surface area contributed by atoms with Crippen LogP contribution in [0, 0.1) is 6.92 Å². The van der Waals surface area contributed by atoms with Crippen LogP contribution in [0.1, 0.15) is 17.7 Å². The summed E-state index contributed by atoms with van der Waals surface area (Å²) in [5.41, 5.74) is 1.70. The van der Waals surface area contributed by atoms with Gasteiger partial charge in [0.2, 0.25) is 5.91 Å². The van der Waals surface area contributed by atoms with Gasteiger partial charge in [0.05, 0.1) is 34.5 Å². The topological polar surface area (TPSA) is 64.7 Å². The number of benzene rings is 1. The summed E-state index contributed by atoms with van der Waals surface area (Å²) >= 11 is 21.5. The third-order valence-electron chi connectivity index (χ3n) is 3.92. The Morgan fingerprint density at radius 1 is 1.26 bits per heavy atom. The molecule has 3 aromatic rings. The summed E-state index contributed by atoms with van der Waals surface area (Å²) in [6, 6.07) is 5.30. The largest absolute Gasteiger partial charge is 0.308 e. The molecule has 0 fully saturated rings. The molecule has 0 aliphatic heterocycles. The lowest BCUT2D eigenvalue weighted by atomic mass is 10.2. The molecule has 10 heteroatoms. The Morgan fingerprint density at radius 2 is 2.04 bits per heavy atom. The number of aromatic nitrogens is 4. The number of halogens is 4. The molecule has 1 aromatic carbocycles. The van der Waals surface area contributed by atoms with Gasteiger partial charge in [-0.3, -0.25) is 14.2 Å². The Bertz CT molecular complexity index is 985. The Labute approximate surface area is 179 Å². The summed E-state index contributed by atoms with van der Waals surface area (Å²) < 4.78 is 4.06. The zero-order valence-electron chi connectivity index (χ0n) is 14.2. The van der Waals surface area contributed by atoms with Gasteiger partial charge < -0.3 is 5.32 Å². The maximum absolute atomic E-state index is 12.2. The van der Waals surface area contributed by atoms with Crippen molar-refractivity contribution in [3.8, 4) is 0 Å². The van der Waals surface area contributed by atoms with Gasteiger partial charge in [0.1, 0.15) is 0 Å². The Kier molecular flexibility index (Phi) is 6.47. The van der Waals surface area contributed by atoms with Crippen molar-refractivity contribution in [2.24, 2.45) is 0 Å². The van der Waals surface area contributed by atoms with Crippen molar-refractivity contribution in [3.63, 3.8) is 0 Å². The van der Waals surface area contributed by atoms with E-state index in [2.05, 4.69) is 31.4 Å². The second-order valence-corrected chi connectivity index (χ2v) is 7.96. The number of amides is 1. The van der Waals surface area contributed by atoms with Crippen molar-refractivity contribution >= 4 is 62.5 Å². The minimum absolute atomic E-state index is 0.170. The minimum atomic E-state index is -0.170. The monoisotopic (exact) mass is 489 g/mol. The molecule has 0 aliphatic carbocycles. The van der Waals surface area contributed by atoms with Gasteiger partial charge in [-0.15, -0.1) is 0 Å². The predicted molar refractivity (Wildman–Crippen MR) is 111 cm³/mol. The molecule has 1 N–H and O–H groups in total. The van der Waals surface area contributed by atoms with Crippen LogP contribution in [0.15, 0.2) is 35.1 Å². The molecule has 3 rings (SSSR count). The van der Waals surface area contributed by atoms with E-state index >= 15 is 0 Å². The third kappa shape index (κ3) is 5.04. The van der Waals surface area contributed by atoms with E-state index in [9.17, 15) is 4.79 Å². The lowest BCUT2D eigenvalue weighted by Crippen LogP contribution is -2.16. The molecule has 2 heterocycles. The molecule has 27 heavy (non-hydrogen) atoms. The molecule has 0 unspecified atom stereocenters. The molecule has 6 nitrogen and oxygen atoms in total. The Balaban J connectivity index is 1.62. The standard InChI is InChI=1S/C17H15BrCl3N5O/c1-10-15(21)7-22-26(10)5-4-16(27)23-17-13(18)9-25(24-17)8-11-2-3-12(19)6-14(11)20/h2-3,6-7,9H,4-5,8H2,1H3,(H,23,24,27). The van der Waals surface area contributed by atoms with Crippen LogP contribution in [0.25, 0.3) is 0 Å². The lowest BCUT2D eigenvalue weighted by molar-refractivity contribution is -0.116. The van der Waals surface area contributed by atoms with Crippen LogP contribution in [0.5, 0.6) is 0 Å². The number of nitrogens with one attached hydrogen (secondary N) is 1. The van der Waals surface area contributed by atoms with Crippen molar-refractivity contribution in [2.45, 2.75) is 26.4 Å². The number of hydrogen-bond donors (Lipinski definition) is 1. The molecular formula is C17H15BrCl3N5O. The van der Waals surface area contributed by atoms with Crippen molar-refractivity contribution in [1.29, 1.82) is 0 Å². The fourth-order valence-electron chi connectivity index (χ4n) is 2.44. The highest BCUT2D eigenvalue weighted by Crippen LogP contribution is 2.24.